The van der Waals surface area contributed by atoms with Crippen LogP contribution in [0.3, 0.4) is 0 Å². The molecule has 1 fully saturated rings. The fourth-order valence-electron chi connectivity index (χ4n) is 5.40. The molecule has 1 saturated heterocycles. The van der Waals surface area contributed by atoms with E-state index in [1.165, 1.54) is 34.1 Å². The zero-order chi connectivity index (χ0) is 31.1. The predicted octanol–water partition coefficient (Wildman–Crippen LogP) is 2.33. The lowest BCUT2D eigenvalue weighted by Crippen LogP contribution is -2.55. The number of hydrogen-bond acceptors (Lipinski definition) is 6. The second-order valence-corrected chi connectivity index (χ2v) is 13.5. The van der Waals surface area contributed by atoms with Crippen LogP contribution in [0, 0.1) is 11.7 Å². The van der Waals surface area contributed by atoms with Gasteiger partial charge in [0.1, 0.15) is 11.9 Å². The number of carbonyl (C=O) groups excluding carboxylic acids is 4. The van der Waals surface area contributed by atoms with Gasteiger partial charge in [-0.15, -0.1) is 0 Å². The molecule has 2 bridgehead atoms. The maximum absolute atomic E-state index is 14.7. The first-order valence-corrected chi connectivity index (χ1v) is 16.3. The number of amides is 4. The Balaban J connectivity index is 1.57. The van der Waals surface area contributed by atoms with Crippen LogP contribution in [-0.4, -0.2) is 85.9 Å². The molecule has 0 aromatic heterocycles. The van der Waals surface area contributed by atoms with E-state index in [4.69, 9.17) is 0 Å². The van der Waals surface area contributed by atoms with Crippen molar-refractivity contribution in [3.05, 3.63) is 65.5 Å². The number of halogens is 1. The van der Waals surface area contributed by atoms with Gasteiger partial charge >= 0.3 is 0 Å². The molecule has 2 aliphatic rings. The third kappa shape index (κ3) is 8.19. The molecule has 0 saturated carbocycles. The normalized spacial score (nSPS) is 20.8. The summed E-state index contributed by atoms with van der Waals surface area (Å²) in [6, 6.07) is 10.8. The minimum atomic E-state index is -3.73. The minimum absolute atomic E-state index is 0.0306. The Bertz CT molecular complexity index is 1450. The standard InChI is InChI=1S/C31H39FN4O6S/c1-21(2)26-19-35(29(38)14-17-43(41,42)23-9-4-3-5-10-23)20-28(37)33-15-6-8-22-12-13-25(32)24(18-22)31(40)36-16-7-11-27(36)30(39)34-26/h3-5,9-10,12-13,18,21,26-27H,6-8,11,14-17,19-20H2,1-2H3,(H,33,37)(H,34,39)/t26-,27-/m0/s1. The molecule has 4 rings (SSSR count). The van der Waals surface area contributed by atoms with Crippen molar-refractivity contribution in [3.63, 3.8) is 0 Å². The highest BCUT2D eigenvalue weighted by molar-refractivity contribution is 7.91. The quantitative estimate of drug-likeness (QED) is 0.531. The van der Waals surface area contributed by atoms with Gasteiger partial charge in [-0.3, -0.25) is 19.2 Å². The average Bonchev–Trinajstić information content (AvgIpc) is 3.48. The van der Waals surface area contributed by atoms with Crippen LogP contribution in [0.2, 0.25) is 0 Å². The summed E-state index contributed by atoms with van der Waals surface area (Å²) in [5, 5.41) is 5.74. The minimum Gasteiger partial charge on any atom is -0.355 e. The van der Waals surface area contributed by atoms with E-state index in [1.54, 1.807) is 24.3 Å². The number of carbonyl (C=O) groups is 4. The Morgan fingerprint density at radius 1 is 1.07 bits per heavy atom. The highest BCUT2D eigenvalue weighted by Crippen LogP contribution is 2.23. The fraction of sp³-hybridized carbons (Fsp3) is 0.484. The number of aryl methyl sites for hydroxylation is 1. The second-order valence-electron chi connectivity index (χ2n) is 11.4. The van der Waals surface area contributed by atoms with Crippen LogP contribution >= 0.6 is 0 Å². The van der Waals surface area contributed by atoms with E-state index >= 15 is 0 Å². The monoisotopic (exact) mass is 614 g/mol. The number of sulfone groups is 1. The van der Waals surface area contributed by atoms with Crippen molar-refractivity contribution < 1.29 is 32.0 Å². The molecule has 2 heterocycles. The van der Waals surface area contributed by atoms with Gasteiger partial charge in [-0.1, -0.05) is 38.1 Å². The number of benzene rings is 2. The first kappa shape index (κ1) is 32.1. The maximum Gasteiger partial charge on any atom is 0.257 e. The molecule has 0 spiro atoms. The highest BCUT2D eigenvalue weighted by atomic mass is 32.2. The lowest BCUT2D eigenvalue weighted by molar-refractivity contribution is -0.136. The zero-order valence-electron chi connectivity index (χ0n) is 24.6. The third-order valence-electron chi connectivity index (χ3n) is 7.97. The van der Waals surface area contributed by atoms with Gasteiger partial charge in [0.25, 0.3) is 5.91 Å². The van der Waals surface area contributed by atoms with Crippen LogP contribution in [0.25, 0.3) is 0 Å². The summed E-state index contributed by atoms with van der Waals surface area (Å²) in [5.74, 6) is -3.18. The van der Waals surface area contributed by atoms with E-state index in [0.717, 1.165) is 5.56 Å². The molecule has 2 aromatic carbocycles. The summed E-state index contributed by atoms with van der Waals surface area (Å²) in [7, 11) is -3.73. The van der Waals surface area contributed by atoms with Crippen molar-refractivity contribution >= 4 is 33.5 Å². The molecule has 2 N–H and O–H groups in total. The van der Waals surface area contributed by atoms with Gasteiger partial charge in [0, 0.05) is 32.1 Å². The second kappa shape index (κ2) is 14.1. The molecule has 4 amide bonds. The molecule has 2 atom stereocenters. The van der Waals surface area contributed by atoms with Gasteiger partial charge in [-0.2, -0.15) is 0 Å². The topological polar surface area (TPSA) is 133 Å². The summed E-state index contributed by atoms with van der Waals surface area (Å²) in [4.78, 5) is 56.0. The van der Waals surface area contributed by atoms with Gasteiger partial charge in [-0.05, 0) is 61.4 Å². The Hall–Kier alpha value is -3.80. The van der Waals surface area contributed by atoms with Crippen molar-refractivity contribution in [1.82, 2.24) is 20.4 Å². The number of rotatable bonds is 5. The van der Waals surface area contributed by atoms with E-state index in [-0.39, 0.29) is 42.4 Å². The molecular formula is C31H39FN4O6S. The summed E-state index contributed by atoms with van der Waals surface area (Å²) in [6.07, 6.45) is 1.63. The van der Waals surface area contributed by atoms with E-state index in [1.807, 2.05) is 13.8 Å². The van der Waals surface area contributed by atoms with Crippen LogP contribution in [0.15, 0.2) is 53.4 Å². The Morgan fingerprint density at radius 3 is 2.53 bits per heavy atom. The molecule has 2 aromatic rings. The average molecular weight is 615 g/mol. The van der Waals surface area contributed by atoms with Gasteiger partial charge in [0.2, 0.25) is 17.7 Å². The summed E-state index contributed by atoms with van der Waals surface area (Å²) >= 11 is 0. The molecular weight excluding hydrogens is 575 g/mol. The van der Waals surface area contributed by atoms with Gasteiger partial charge < -0.3 is 20.4 Å². The Labute approximate surface area is 251 Å². The molecule has 0 aliphatic carbocycles. The van der Waals surface area contributed by atoms with E-state index < -0.39 is 57.1 Å². The molecule has 43 heavy (non-hydrogen) atoms. The number of nitrogens with one attached hydrogen (secondary N) is 2. The number of nitrogens with zero attached hydrogens (tertiary/aromatic N) is 2. The largest absolute Gasteiger partial charge is 0.355 e. The molecule has 0 unspecified atom stereocenters. The first-order valence-electron chi connectivity index (χ1n) is 14.7. The summed E-state index contributed by atoms with van der Waals surface area (Å²) in [5.41, 5.74) is 0.632. The van der Waals surface area contributed by atoms with Crippen molar-refractivity contribution in [3.8, 4) is 0 Å². The van der Waals surface area contributed by atoms with Gasteiger partial charge in [-0.25, -0.2) is 12.8 Å². The number of fused-ring (bicyclic) bond motifs is 3. The summed E-state index contributed by atoms with van der Waals surface area (Å²) in [6.45, 7) is 3.96. The molecule has 10 nitrogen and oxygen atoms in total. The van der Waals surface area contributed by atoms with Crippen LogP contribution in [0.5, 0.6) is 0 Å². The van der Waals surface area contributed by atoms with Crippen LogP contribution < -0.4 is 10.6 Å². The van der Waals surface area contributed by atoms with Crippen LogP contribution in [0.4, 0.5) is 4.39 Å². The third-order valence-corrected chi connectivity index (χ3v) is 9.70. The molecule has 0 radical (unpaired) electrons. The highest BCUT2D eigenvalue weighted by Gasteiger charge is 2.37. The maximum atomic E-state index is 14.7. The van der Waals surface area contributed by atoms with E-state index in [2.05, 4.69) is 10.6 Å². The van der Waals surface area contributed by atoms with Crippen molar-refractivity contribution in [2.75, 3.05) is 31.9 Å². The van der Waals surface area contributed by atoms with Crippen LogP contribution in [0.1, 0.15) is 55.5 Å². The van der Waals surface area contributed by atoms with Crippen LogP contribution in [-0.2, 0) is 30.6 Å². The van der Waals surface area contributed by atoms with Crippen molar-refractivity contribution in [1.29, 1.82) is 0 Å². The number of hydrogen-bond donors (Lipinski definition) is 2. The lowest BCUT2D eigenvalue weighted by Gasteiger charge is -2.32. The predicted molar refractivity (Wildman–Crippen MR) is 158 cm³/mol. The van der Waals surface area contributed by atoms with E-state index in [9.17, 15) is 32.0 Å². The lowest BCUT2D eigenvalue weighted by atomic mass is 10.0. The molecule has 232 valence electrons. The Morgan fingerprint density at radius 2 is 1.81 bits per heavy atom. The van der Waals surface area contributed by atoms with E-state index in [0.29, 0.717) is 32.2 Å². The van der Waals surface area contributed by atoms with Crippen molar-refractivity contribution in [2.45, 2.75) is 62.9 Å². The zero-order valence-corrected chi connectivity index (χ0v) is 25.4. The van der Waals surface area contributed by atoms with Gasteiger partial charge in [0.15, 0.2) is 9.84 Å². The van der Waals surface area contributed by atoms with Gasteiger partial charge in [0.05, 0.1) is 22.8 Å². The first-order chi connectivity index (χ1) is 20.5. The SMILES string of the molecule is CC(C)[C@@H]1CN(C(=O)CCS(=O)(=O)c2ccccc2)CC(=O)NCCCc2ccc(F)c(c2)C(=O)N2CCC[C@H]2C(=O)N1. The molecule has 2 aliphatic heterocycles. The smallest absolute Gasteiger partial charge is 0.257 e. The molecule has 12 heteroatoms. The van der Waals surface area contributed by atoms with Crippen molar-refractivity contribution in [2.24, 2.45) is 5.92 Å². The Kier molecular flexibility index (Phi) is 10.5. The summed E-state index contributed by atoms with van der Waals surface area (Å²) < 4.78 is 40.4. The fourth-order valence-corrected chi connectivity index (χ4v) is 6.65.